The molecular formula is C19H18F4N6O. The number of hydrogen-bond acceptors (Lipinski definition) is 5. The maximum atomic E-state index is 13.7. The minimum atomic E-state index is -4.92. The van der Waals surface area contributed by atoms with Crippen molar-refractivity contribution in [3.8, 4) is 5.69 Å². The predicted molar refractivity (Wildman–Crippen MR) is 102 cm³/mol. The lowest BCUT2D eigenvalue weighted by Gasteiger charge is -2.19. The molecule has 0 aliphatic carbocycles. The average Bonchev–Trinajstić information content (AvgIpc) is 3.17. The molecule has 1 aromatic carbocycles. The van der Waals surface area contributed by atoms with Gasteiger partial charge in [0, 0.05) is 13.1 Å². The number of aromatic nitrogens is 4. The molecule has 1 amide bonds. The van der Waals surface area contributed by atoms with E-state index in [9.17, 15) is 22.4 Å². The second-order valence-electron chi connectivity index (χ2n) is 6.20. The van der Waals surface area contributed by atoms with Crippen molar-refractivity contribution >= 4 is 17.4 Å². The van der Waals surface area contributed by atoms with Crippen molar-refractivity contribution in [3.05, 3.63) is 59.8 Å². The SMILES string of the molecule is CCN(CC)c1ccc(NC(=O)c2nnn(-c3ccc(F)cc3)c2C(F)(F)F)cn1. The molecule has 0 aliphatic rings. The predicted octanol–water partition coefficient (Wildman–Crippen LogP) is 3.92. The monoisotopic (exact) mass is 422 g/mol. The Hall–Kier alpha value is -3.50. The van der Waals surface area contributed by atoms with Crippen molar-refractivity contribution in [2.24, 2.45) is 0 Å². The van der Waals surface area contributed by atoms with E-state index in [0.29, 0.717) is 10.5 Å². The van der Waals surface area contributed by atoms with Gasteiger partial charge in [0.05, 0.1) is 17.6 Å². The molecule has 0 spiro atoms. The number of carbonyl (C=O) groups is 1. The molecule has 30 heavy (non-hydrogen) atoms. The van der Waals surface area contributed by atoms with E-state index in [1.807, 2.05) is 18.7 Å². The Balaban J connectivity index is 1.90. The third kappa shape index (κ3) is 4.39. The molecule has 0 radical (unpaired) electrons. The fourth-order valence-electron chi connectivity index (χ4n) is 2.84. The van der Waals surface area contributed by atoms with Crippen LogP contribution in [-0.2, 0) is 6.18 Å². The molecule has 3 aromatic rings. The number of benzene rings is 1. The number of alkyl halides is 3. The van der Waals surface area contributed by atoms with E-state index < -0.39 is 29.3 Å². The first-order chi connectivity index (χ1) is 14.2. The minimum absolute atomic E-state index is 0.0829. The number of nitrogens with zero attached hydrogens (tertiary/aromatic N) is 5. The summed E-state index contributed by atoms with van der Waals surface area (Å²) in [6, 6.07) is 7.38. The van der Waals surface area contributed by atoms with Gasteiger partial charge in [-0.3, -0.25) is 4.79 Å². The topological polar surface area (TPSA) is 75.9 Å². The van der Waals surface area contributed by atoms with E-state index >= 15 is 0 Å². The highest BCUT2D eigenvalue weighted by atomic mass is 19.4. The van der Waals surface area contributed by atoms with E-state index in [0.717, 1.165) is 37.4 Å². The van der Waals surface area contributed by atoms with Gasteiger partial charge in [0.25, 0.3) is 5.91 Å². The van der Waals surface area contributed by atoms with Crippen molar-refractivity contribution in [2.75, 3.05) is 23.3 Å². The number of rotatable bonds is 6. The van der Waals surface area contributed by atoms with Crippen molar-refractivity contribution in [1.29, 1.82) is 0 Å². The van der Waals surface area contributed by atoms with Gasteiger partial charge in [-0.05, 0) is 50.2 Å². The molecule has 0 saturated carbocycles. The fraction of sp³-hybridized carbons (Fsp3) is 0.263. The van der Waals surface area contributed by atoms with Gasteiger partial charge in [-0.2, -0.15) is 13.2 Å². The maximum Gasteiger partial charge on any atom is 0.435 e. The largest absolute Gasteiger partial charge is 0.435 e. The third-order valence-corrected chi connectivity index (χ3v) is 4.32. The lowest BCUT2D eigenvalue weighted by atomic mass is 10.2. The number of carbonyl (C=O) groups excluding carboxylic acids is 1. The molecule has 0 unspecified atom stereocenters. The Kier molecular flexibility index (Phi) is 5.99. The Bertz CT molecular complexity index is 1010. The second kappa shape index (κ2) is 8.47. The summed E-state index contributed by atoms with van der Waals surface area (Å²) in [5.74, 6) is -1.03. The number of anilines is 2. The Morgan fingerprint density at radius 2 is 1.77 bits per heavy atom. The molecule has 0 fully saturated rings. The first kappa shape index (κ1) is 21.2. The van der Waals surface area contributed by atoms with Gasteiger partial charge in [0.1, 0.15) is 11.6 Å². The summed E-state index contributed by atoms with van der Waals surface area (Å²) < 4.78 is 54.5. The van der Waals surface area contributed by atoms with Gasteiger partial charge in [-0.15, -0.1) is 5.10 Å². The fourth-order valence-corrected chi connectivity index (χ4v) is 2.84. The van der Waals surface area contributed by atoms with Crippen molar-refractivity contribution in [3.63, 3.8) is 0 Å². The highest BCUT2D eigenvalue weighted by Crippen LogP contribution is 2.33. The Morgan fingerprint density at radius 3 is 2.30 bits per heavy atom. The van der Waals surface area contributed by atoms with Crippen LogP contribution in [0, 0.1) is 5.82 Å². The first-order valence-electron chi connectivity index (χ1n) is 9.05. The summed E-state index contributed by atoms with van der Waals surface area (Å²) in [5, 5.41) is 9.21. The molecular weight excluding hydrogens is 404 g/mol. The summed E-state index contributed by atoms with van der Waals surface area (Å²) in [5.41, 5.74) is -2.14. The molecule has 1 N–H and O–H groups in total. The summed E-state index contributed by atoms with van der Waals surface area (Å²) in [4.78, 5) is 18.7. The summed E-state index contributed by atoms with van der Waals surface area (Å²) in [7, 11) is 0. The van der Waals surface area contributed by atoms with Gasteiger partial charge >= 0.3 is 6.18 Å². The number of pyridine rings is 1. The van der Waals surface area contributed by atoms with Crippen molar-refractivity contribution < 1.29 is 22.4 Å². The number of nitrogens with one attached hydrogen (secondary N) is 1. The smallest absolute Gasteiger partial charge is 0.357 e. The van der Waals surface area contributed by atoms with Gasteiger partial charge < -0.3 is 10.2 Å². The van der Waals surface area contributed by atoms with Crippen LogP contribution in [0.25, 0.3) is 5.69 Å². The van der Waals surface area contributed by atoms with E-state index in [1.165, 1.54) is 12.3 Å². The highest BCUT2D eigenvalue weighted by molar-refractivity contribution is 6.03. The van der Waals surface area contributed by atoms with Crippen LogP contribution in [0.1, 0.15) is 30.0 Å². The molecule has 2 aromatic heterocycles. The summed E-state index contributed by atoms with van der Waals surface area (Å²) in [6.45, 7) is 5.39. The zero-order valence-electron chi connectivity index (χ0n) is 16.1. The van der Waals surface area contributed by atoms with E-state index in [4.69, 9.17) is 0 Å². The van der Waals surface area contributed by atoms with Crippen LogP contribution in [0.15, 0.2) is 42.6 Å². The average molecular weight is 422 g/mol. The standard InChI is InChI=1S/C19H18F4N6O/c1-3-28(4-2)15-10-7-13(11-24-15)25-18(30)16-17(19(21,22)23)29(27-26-16)14-8-5-12(20)6-9-14/h5-11H,3-4H2,1-2H3,(H,25,30). The molecule has 0 atom stereocenters. The lowest BCUT2D eigenvalue weighted by Crippen LogP contribution is -2.23. The van der Waals surface area contributed by atoms with Crippen LogP contribution >= 0.6 is 0 Å². The van der Waals surface area contributed by atoms with E-state index in [2.05, 4.69) is 20.6 Å². The molecule has 7 nitrogen and oxygen atoms in total. The van der Waals surface area contributed by atoms with Crippen molar-refractivity contribution in [1.82, 2.24) is 20.0 Å². The zero-order chi connectivity index (χ0) is 21.9. The number of halogens is 4. The molecule has 0 bridgehead atoms. The van der Waals surface area contributed by atoms with Crippen LogP contribution in [0.5, 0.6) is 0 Å². The lowest BCUT2D eigenvalue weighted by molar-refractivity contribution is -0.143. The van der Waals surface area contributed by atoms with Gasteiger partial charge in [0.2, 0.25) is 0 Å². The van der Waals surface area contributed by atoms with E-state index in [-0.39, 0.29) is 11.4 Å². The highest BCUT2D eigenvalue weighted by Gasteiger charge is 2.42. The quantitative estimate of drug-likeness (QED) is 0.610. The second-order valence-corrected chi connectivity index (χ2v) is 6.20. The summed E-state index contributed by atoms with van der Waals surface area (Å²) in [6.07, 6.45) is -3.57. The van der Waals surface area contributed by atoms with Crippen LogP contribution < -0.4 is 10.2 Å². The Labute approximate surface area is 169 Å². The third-order valence-electron chi connectivity index (χ3n) is 4.32. The van der Waals surface area contributed by atoms with Crippen LogP contribution in [-0.4, -0.2) is 39.0 Å². The molecule has 3 rings (SSSR count). The van der Waals surface area contributed by atoms with Gasteiger partial charge in [0.15, 0.2) is 11.4 Å². The normalized spacial score (nSPS) is 11.4. The zero-order valence-corrected chi connectivity index (χ0v) is 16.1. The molecule has 11 heteroatoms. The summed E-state index contributed by atoms with van der Waals surface area (Å²) >= 11 is 0. The van der Waals surface area contributed by atoms with Gasteiger partial charge in [-0.25, -0.2) is 14.1 Å². The Morgan fingerprint density at radius 1 is 1.10 bits per heavy atom. The molecule has 158 valence electrons. The van der Waals surface area contributed by atoms with Crippen molar-refractivity contribution in [2.45, 2.75) is 20.0 Å². The first-order valence-corrected chi connectivity index (χ1v) is 9.05. The molecule has 2 heterocycles. The number of amides is 1. The van der Waals surface area contributed by atoms with Crippen LogP contribution in [0.4, 0.5) is 29.1 Å². The minimum Gasteiger partial charge on any atom is -0.357 e. The molecule has 0 saturated heterocycles. The van der Waals surface area contributed by atoms with E-state index in [1.54, 1.807) is 6.07 Å². The maximum absolute atomic E-state index is 13.7. The number of hydrogen-bond donors (Lipinski definition) is 1. The molecule has 0 aliphatic heterocycles. The van der Waals surface area contributed by atoms with Crippen LogP contribution in [0.2, 0.25) is 0 Å². The van der Waals surface area contributed by atoms with Gasteiger partial charge in [-0.1, -0.05) is 5.21 Å². The van der Waals surface area contributed by atoms with Crippen LogP contribution in [0.3, 0.4) is 0 Å².